The second-order valence-electron chi connectivity index (χ2n) is 6.30. The van der Waals surface area contributed by atoms with Crippen molar-refractivity contribution in [2.45, 2.75) is 11.8 Å². The predicted octanol–water partition coefficient (Wildman–Crippen LogP) is 4.92. The average Bonchev–Trinajstić information content (AvgIpc) is 3.15. The molecule has 7 heteroatoms. The van der Waals surface area contributed by atoms with Crippen molar-refractivity contribution < 1.29 is 8.42 Å². The summed E-state index contributed by atoms with van der Waals surface area (Å²) in [6.45, 7) is 1.91. The number of halogens is 1. The molecule has 0 aliphatic rings. The monoisotopic (exact) mass is 453 g/mol. The Hall–Kier alpha value is -2.77. The van der Waals surface area contributed by atoms with Crippen LogP contribution in [0.2, 0.25) is 0 Å². The lowest BCUT2D eigenvalue weighted by Gasteiger charge is -2.07. The van der Waals surface area contributed by atoms with Gasteiger partial charge in [-0.25, -0.2) is 4.98 Å². The third-order valence-corrected chi connectivity index (χ3v) is 6.31. The van der Waals surface area contributed by atoms with Crippen LogP contribution in [0.15, 0.2) is 88.2 Å². The minimum atomic E-state index is -3.90. The molecule has 140 valence electrons. The van der Waals surface area contributed by atoms with E-state index in [4.69, 9.17) is 0 Å². The van der Waals surface area contributed by atoms with E-state index in [0.717, 1.165) is 19.7 Å². The largest absolute Gasteiger partial charge is 0.285 e. The molecule has 28 heavy (non-hydrogen) atoms. The summed E-state index contributed by atoms with van der Waals surface area (Å²) in [6.07, 6.45) is 0. The molecule has 0 spiro atoms. The molecule has 1 aromatic heterocycles. The highest BCUT2D eigenvalue weighted by molar-refractivity contribution is 9.10. The van der Waals surface area contributed by atoms with Gasteiger partial charge in [0.25, 0.3) is 10.0 Å². The molecule has 0 saturated carbocycles. The second kappa shape index (κ2) is 7.33. The maximum Gasteiger partial charge on any atom is 0.285 e. The van der Waals surface area contributed by atoms with Crippen molar-refractivity contribution in [3.63, 3.8) is 0 Å². The van der Waals surface area contributed by atoms with Crippen LogP contribution < -0.4 is 0 Å². The number of nitrogens with zero attached hydrogens (tertiary/aromatic N) is 3. The molecular weight excluding hydrogens is 438 g/mol. The molecule has 0 bridgehead atoms. The topological polar surface area (TPSA) is 64.8 Å². The smallest absolute Gasteiger partial charge is 0.206 e. The number of aromatic nitrogens is 3. The summed E-state index contributed by atoms with van der Waals surface area (Å²) in [5.41, 5.74) is 2.38. The summed E-state index contributed by atoms with van der Waals surface area (Å²) in [7, 11) is -3.90. The van der Waals surface area contributed by atoms with Crippen LogP contribution in [0.4, 0.5) is 0 Å². The highest BCUT2D eigenvalue weighted by Gasteiger charge is 2.25. The molecular formula is C21H16BrN3O2S. The van der Waals surface area contributed by atoms with E-state index in [-0.39, 0.29) is 10.7 Å². The number of hydrogen-bond donors (Lipinski definition) is 0. The fourth-order valence-corrected chi connectivity index (χ4v) is 4.43. The van der Waals surface area contributed by atoms with Gasteiger partial charge in [-0.3, -0.25) is 0 Å². The van der Waals surface area contributed by atoms with E-state index in [1.54, 1.807) is 24.3 Å². The zero-order valence-electron chi connectivity index (χ0n) is 14.9. The van der Waals surface area contributed by atoms with Crippen molar-refractivity contribution in [3.05, 3.63) is 88.9 Å². The zero-order chi connectivity index (χ0) is 19.7. The Morgan fingerprint density at radius 2 is 1.54 bits per heavy atom. The van der Waals surface area contributed by atoms with Gasteiger partial charge < -0.3 is 0 Å². The Balaban J connectivity index is 1.94. The lowest BCUT2D eigenvalue weighted by atomic mass is 10.2. The quantitative estimate of drug-likeness (QED) is 0.439. The van der Waals surface area contributed by atoms with Gasteiger partial charge >= 0.3 is 0 Å². The van der Waals surface area contributed by atoms with Crippen LogP contribution in [0.3, 0.4) is 0 Å². The number of benzene rings is 3. The van der Waals surface area contributed by atoms with Gasteiger partial charge in [0.1, 0.15) is 0 Å². The Morgan fingerprint density at radius 1 is 0.857 bits per heavy atom. The van der Waals surface area contributed by atoms with E-state index >= 15 is 0 Å². The van der Waals surface area contributed by atoms with Gasteiger partial charge in [-0.1, -0.05) is 76.1 Å². The molecule has 0 unspecified atom stereocenters. The molecule has 5 nitrogen and oxygen atoms in total. The van der Waals surface area contributed by atoms with Crippen LogP contribution in [0, 0.1) is 6.92 Å². The van der Waals surface area contributed by atoms with Crippen molar-refractivity contribution in [1.29, 1.82) is 0 Å². The van der Waals surface area contributed by atoms with E-state index in [1.165, 1.54) is 0 Å². The molecule has 0 fully saturated rings. The Bertz CT molecular complexity index is 1230. The van der Waals surface area contributed by atoms with Crippen molar-refractivity contribution in [2.75, 3.05) is 0 Å². The minimum Gasteiger partial charge on any atom is -0.206 e. The van der Waals surface area contributed by atoms with E-state index in [0.29, 0.717) is 11.4 Å². The third-order valence-electron chi connectivity index (χ3n) is 4.24. The van der Waals surface area contributed by atoms with E-state index in [1.807, 2.05) is 61.5 Å². The molecule has 0 radical (unpaired) electrons. The Kier molecular flexibility index (Phi) is 4.87. The summed E-state index contributed by atoms with van der Waals surface area (Å²) in [4.78, 5) is 4.72. The highest BCUT2D eigenvalue weighted by Crippen LogP contribution is 2.27. The first-order valence-corrected chi connectivity index (χ1v) is 10.8. The summed E-state index contributed by atoms with van der Waals surface area (Å²) in [5, 5.41) is 4.37. The molecule has 0 atom stereocenters. The van der Waals surface area contributed by atoms with Gasteiger partial charge in [0, 0.05) is 15.6 Å². The van der Waals surface area contributed by atoms with Crippen LogP contribution in [-0.4, -0.2) is 22.6 Å². The van der Waals surface area contributed by atoms with Crippen LogP contribution in [0.1, 0.15) is 5.56 Å². The van der Waals surface area contributed by atoms with Gasteiger partial charge in [-0.2, -0.15) is 8.42 Å². The molecule has 0 N–H and O–H groups in total. The van der Waals surface area contributed by atoms with Crippen LogP contribution >= 0.6 is 15.9 Å². The SMILES string of the molecule is Cc1ccc(S(=O)(=O)n2nc(-c3cccc(Br)c3)nc2-c2ccccc2)cc1. The molecule has 4 rings (SSSR count). The lowest BCUT2D eigenvalue weighted by molar-refractivity contribution is 0.581. The highest BCUT2D eigenvalue weighted by atomic mass is 79.9. The molecule has 0 amide bonds. The first-order valence-electron chi connectivity index (χ1n) is 8.56. The predicted molar refractivity (Wildman–Crippen MR) is 112 cm³/mol. The van der Waals surface area contributed by atoms with Crippen LogP contribution in [0.5, 0.6) is 0 Å². The van der Waals surface area contributed by atoms with Gasteiger partial charge in [-0.15, -0.1) is 9.19 Å². The maximum atomic E-state index is 13.3. The average molecular weight is 454 g/mol. The van der Waals surface area contributed by atoms with E-state index < -0.39 is 10.0 Å². The number of aryl methyl sites for hydroxylation is 1. The molecule has 0 aliphatic heterocycles. The van der Waals surface area contributed by atoms with Crippen molar-refractivity contribution >= 4 is 26.0 Å². The molecule has 3 aromatic carbocycles. The van der Waals surface area contributed by atoms with Gasteiger partial charge in [0.15, 0.2) is 11.6 Å². The minimum absolute atomic E-state index is 0.168. The molecule has 0 aliphatic carbocycles. The summed E-state index contributed by atoms with van der Waals surface area (Å²) < 4.78 is 28.5. The van der Waals surface area contributed by atoms with Crippen molar-refractivity contribution in [2.24, 2.45) is 0 Å². The number of rotatable bonds is 4. The summed E-state index contributed by atoms with van der Waals surface area (Å²) in [6, 6.07) is 23.3. The Labute approximate surface area is 171 Å². The summed E-state index contributed by atoms with van der Waals surface area (Å²) >= 11 is 3.43. The normalized spacial score (nSPS) is 11.5. The van der Waals surface area contributed by atoms with Crippen molar-refractivity contribution in [3.8, 4) is 22.8 Å². The molecule has 1 heterocycles. The van der Waals surface area contributed by atoms with Gasteiger partial charge in [0.05, 0.1) is 4.90 Å². The number of hydrogen-bond acceptors (Lipinski definition) is 4. The summed E-state index contributed by atoms with van der Waals surface area (Å²) in [5.74, 6) is 0.618. The molecule has 0 saturated heterocycles. The zero-order valence-corrected chi connectivity index (χ0v) is 17.4. The lowest BCUT2D eigenvalue weighted by Crippen LogP contribution is -2.16. The van der Waals surface area contributed by atoms with Crippen LogP contribution in [0.25, 0.3) is 22.8 Å². The fraction of sp³-hybridized carbons (Fsp3) is 0.0476. The van der Waals surface area contributed by atoms with Gasteiger partial charge in [0.2, 0.25) is 0 Å². The second-order valence-corrected chi connectivity index (χ2v) is 8.98. The maximum absolute atomic E-state index is 13.3. The fourth-order valence-electron chi connectivity index (χ4n) is 2.79. The molecule has 4 aromatic rings. The first-order chi connectivity index (χ1) is 13.4. The standard InChI is InChI=1S/C21H16BrN3O2S/c1-15-10-12-19(13-11-15)28(26,27)25-21(16-6-3-2-4-7-16)23-20(24-25)17-8-5-9-18(22)14-17/h2-14H,1H3. The van der Waals surface area contributed by atoms with E-state index in [9.17, 15) is 8.42 Å². The third kappa shape index (κ3) is 3.50. The van der Waals surface area contributed by atoms with Crippen LogP contribution in [-0.2, 0) is 10.0 Å². The van der Waals surface area contributed by atoms with Gasteiger partial charge in [-0.05, 0) is 31.2 Å². The van der Waals surface area contributed by atoms with E-state index in [2.05, 4.69) is 26.0 Å². The Morgan fingerprint density at radius 3 is 2.21 bits per heavy atom. The van der Waals surface area contributed by atoms with Crippen molar-refractivity contribution in [1.82, 2.24) is 14.2 Å². The first kappa shape index (κ1) is 18.6.